The molecule has 0 unspecified atom stereocenters. The van der Waals surface area contributed by atoms with Gasteiger partial charge in [-0.2, -0.15) is 0 Å². The number of hydrogen-bond donors (Lipinski definition) is 0. The van der Waals surface area contributed by atoms with E-state index in [9.17, 15) is 9.59 Å². The Morgan fingerprint density at radius 2 is 2.00 bits per heavy atom. The molecule has 1 aromatic carbocycles. The summed E-state index contributed by atoms with van der Waals surface area (Å²) < 4.78 is 17.7. The van der Waals surface area contributed by atoms with Crippen LogP contribution in [-0.4, -0.2) is 44.1 Å². The van der Waals surface area contributed by atoms with E-state index in [1.165, 1.54) is 13.2 Å². The fourth-order valence-corrected chi connectivity index (χ4v) is 4.59. The van der Waals surface area contributed by atoms with Crippen molar-refractivity contribution in [1.29, 1.82) is 0 Å². The summed E-state index contributed by atoms with van der Waals surface area (Å²) in [6.45, 7) is 3.27. The van der Waals surface area contributed by atoms with Crippen LogP contribution in [0.25, 0.3) is 11.3 Å². The van der Waals surface area contributed by atoms with Crippen molar-refractivity contribution in [2.75, 3.05) is 32.4 Å². The van der Waals surface area contributed by atoms with Crippen molar-refractivity contribution in [3.8, 4) is 17.0 Å². The standard InChI is InChI=1S/C22H25ClN2O5/c1-13-5-6-18-15-10-21(30-8-4-7-28-2)17(23)9-14(15)19-11-20(26)16(22(27)29-3)12-24(19)25(13)18/h9-13,18H,4-8H2,1-3H3/t13-,18-/m1/s1. The van der Waals surface area contributed by atoms with Gasteiger partial charge in [0.1, 0.15) is 11.3 Å². The molecule has 0 amide bonds. The molecule has 160 valence electrons. The van der Waals surface area contributed by atoms with Crippen LogP contribution in [0.2, 0.25) is 5.02 Å². The highest BCUT2D eigenvalue weighted by Gasteiger charge is 2.39. The summed E-state index contributed by atoms with van der Waals surface area (Å²) in [4.78, 5) is 24.7. The van der Waals surface area contributed by atoms with E-state index in [-0.39, 0.29) is 23.1 Å². The van der Waals surface area contributed by atoms with Gasteiger partial charge in [-0.1, -0.05) is 11.6 Å². The number of methoxy groups -OCH3 is 2. The molecule has 2 atom stereocenters. The molecule has 7 nitrogen and oxygen atoms in total. The average molecular weight is 433 g/mol. The molecule has 8 heteroatoms. The summed E-state index contributed by atoms with van der Waals surface area (Å²) >= 11 is 6.52. The number of hydrogen-bond acceptors (Lipinski definition) is 6. The van der Waals surface area contributed by atoms with E-state index < -0.39 is 5.97 Å². The van der Waals surface area contributed by atoms with Crippen molar-refractivity contribution in [2.24, 2.45) is 0 Å². The van der Waals surface area contributed by atoms with E-state index >= 15 is 0 Å². The van der Waals surface area contributed by atoms with E-state index in [2.05, 4.69) is 11.9 Å². The first kappa shape index (κ1) is 20.8. The molecule has 1 fully saturated rings. The number of ether oxygens (including phenoxy) is 3. The van der Waals surface area contributed by atoms with Crippen LogP contribution in [0.1, 0.15) is 48.1 Å². The summed E-state index contributed by atoms with van der Waals surface area (Å²) in [6, 6.07) is 5.68. The Labute approximate surface area is 180 Å². The summed E-state index contributed by atoms with van der Waals surface area (Å²) in [7, 11) is 2.93. The second-order valence-electron chi connectivity index (χ2n) is 7.66. The van der Waals surface area contributed by atoms with Gasteiger partial charge in [0.05, 0.1) is 30.5 Å². The van der Waals surface area contributed by atoms with Crippen LogP contribution in [0, 0.1) is 0 Å². The zero-order valence-electron chi connectivity index (χ0n) is 17.3. The maximum atomic E-state index is 12.6. The number of nitrogens with zero attached hydrogens (tertiary/aromatic N) is 2. The molecule has 0 bridgehead atoms. The molecule has 2 aromatic rings. The lowest BCUT2D eigenvalue weighted by molar-refractivity contribution is 0.0598. The van der Waals surface area contributed by atoms with Crippen LogP contribution < -0.4 is 15.2 Å². The van der Waals surface area contributed by atoms with Crippen molar-refractivity contribution < 1.29 is 19.0 Å². The molecule has 2 aliphatic rings. The van der Waals surface area contributed by atoms with E-state index in [0.29, 0.717) is 29.7 Å². The quantitative estimate of drug-likeness (QED) is 0.513. The first-order valence-electron chi connectivity index (χ1n) is 10.1. The number of pyridine rings is 1. The predicted octanol–water partition coefficient (Wildman–Crippen LogP) is 3.55. The van der Waals surface area contributed by atoms with E-state index in [1.807, 2.05) is 16.8 Å². The van der Waals surface area contributed by atoms with Crippen molar-refractivity contribution in [2.45, 2.75) is 38.3 Å². The molecule has 3 heterocycles. The zero-order valence-corrected chi connectivity index (χ0v) is 18.1. The number of halogens is 1. The number of fused-ring (bicyclic) bond motifs is 6. The van der Waals surface area contributed by atoms with Crippen molar-refractivity contribution in [1.82, 2.24) is 4.68 Å². The molecule has 0 aliphatic carbocycles. The summed E-state index contributed by atoms with van der Waals surface area (Å²) in [5.41, 5.74) is 2.32. The van der Waals surface area contributed by atoms with E-state index in [1.54, 1.807) is 13.3 Å². The topological polar surface area (TPSA) is 70.0 Å². The second kappa shape index (κ2) is 8.32. The van der Waals surface area contributed by atoms with Crippen molar-refractivity contribution in [3.05, 3.63) is 50.8 Å². The van der Waals surface area contributed by atoms with Crippen LogP contribution in [0.3, 0.4) is 0 Å². The van der Waals surface area contributed by atoms with Crippen LogP contribution >= 0.6 is 11.6 Å². The van der Waals surface area contributed by atoms with Gasteiger partial charge in [0, 0.05) is 44.0 Å². The Morgan fingerprint density at radius 3 is 2.73 bits per heavy atom. The highest BCUT2D eigenvalue weighted by molar-refractivity contribution is 6.32. The van der Waals surface area contributed by atoms with Crippen LogP contribution in [0.15, 0.2) is 29.2 Å². The first-order valence-corrected chi connectivity index (χ1v) is 10.4. The predicted molar refractivity (Wildman–Crippen MR) is 114 cm³/mol. The lowest BCUT2D eigenvalue weighted by atomic mass is 9.94. The maximum absolute atomic E-state index is 12.6. The van der Waals surface area contributed by atoms with Gasteiger partial charge in [0.2, 0.25) is 0 Å². The highest BCUT2D eigenvalue weighted by atomic mass is 35.5. The Bertz CT molecular complexity index is 1030. The van der Waals surface area contributed by atoms with Gasteiger partial charge in [-0.3, -0.25) is 9.47 Å². The average Bonchev–Trinajstić information content (AvgIpc) is 3.12. The molecular formula is C22H25ClN2O5. The molecule has 0 saturated carbocycles. The Kier molecular flexibility index (Phi) is 5.75. The van der Waals surface area contributed by atoms with Crippen LogP contribution in [0.5, 0.6) is 5.75 Å². The second-order valence-corrected chi connectivity index (χ2v) is 8.07. The number of carbonyl (C=O) groups is 1. The first-order chi connectivity index (χ1) is 14.5. The van der Waals surface area contributed by atoms with Crippen LogP contribution in [0.4, 0.5) is 0 Å². The molecule has 0 radical (unpaired) electrons. The zero-order chi connectivity index (χ0) is 21.4. The molecule has 1 aromatic heterocycles. The molecule has 4 rings (SSSR count). The minimum Gasteiger partial charge on any atom is -0.492 e. The Morgan fingerprint density at radius 1 is 1.20 bits per heavy atom. The molecule has 0 spiro atoms. The molecule has 2 aliphatic heterocycles. The van der Waals surface area contributed by atoms with Gasteiger partial charge in [0.15, 0.2) is 5.43 Å². The van der Waals surface area contributed by atoms with Crippen molar-refractivity contribution >= 4 is 17.6 Å². The van der Waals surface area contributed by atoms with E-state index in [0.717, 1.165) is 30.4 Å². The van der Waals surface area contributed by atoms with Crippen molar-refractivity contribution in [3.63, 3.8) is 0 Å². The third-order valence-corrected chi connectivity index (χ3v) is 6.10. The minimum atomic E-state index is -0.637. The fraction of sp³-hybridized carbons (Fsp3) is 0.455. The Balaban J connectivity index is 1.82. The van der Waals surface area contributed by atoms with E-state index in [4.69, 9.17) is 25.8 Å². The number of esters is 1. The maximum Gasteiger partial charge on any atom is 0.343 e. The van der Waals surface area contributed by atoms with Gasteiger partial charge in [-0.25, -0.2) is 4.79 Å². The third-order valence-electron chi connectivity index (χ3n) is 5.80. The number of rotatable bonds is 6. The number of carbonyl (C=O) groups excluding carboxylic acids is 1. The van der Waals surface area contributed by atoms with Gasteiger partial charge in [-0.15, -0.1) is 0 Å². The van der Waals surface area contributed by atoms with Crippen LogP contribution in [-0.2, 0) is 9.47 Å². The highest BCUT2D eigenvalue weighted by Crippen LogP contribution is 2.46. The van der Waals surface area contributed by atoms with Gasteiger partial charge >= 0.3 is 5.97 Å². The molecular weight excluding hydrogens is 408 g/mol. The lowest BCUT2D eigenvalue weighted by Crippen LogP contribution is -2.43. The number of aromatic nitrogens is 1. The SMILES string of the molecule is COCCCOc1cc2c(cc1Cl)-c1cc(=O)c(C(=O)OC)cn1N1[C@H](C)CC[C@H]21. The van der Waals surface area contributed by atoms with Gasteiger partial charge in [0.25, 0.3) is 0 Å². The summed E-state index contributed by atoms with van der Waals surface area (Å²) in [6.07, 6.45) is 4.31. The molecule has 1 saturated heterocycles. The third kappa shape index (κ3) is 3.46. The monoisotopic (exact) mass is 432 g/mol. The Hall–Kier alpha value is -2.51. The summed E-state index contributed by atoms with van der Waals surface area (Å²) in [5, 5.41) is 2.70. The van der Waals surface area contributed by atoms with Gasteiger partial charge < -0.3 is 19.2 Å². The van der Waals surface area contributed by atoms with Gasteiger partial charge in [-0.05, 0) is 37.5 Å². The lowest BCUT2D eigenvalue weighted by Gasteiger charge is -2.40. The smallest absolute Gasteiger partial charge is 0.343 e. The molecule has 0 N–H and O–H groups in total. The largest absolute Gasteiger partial charge is 0.492 e. The normalized spacial score (nSPS) is 19.1. The number of benzene rings is 1. The fourth-order valence-electron chi connectivity index (χ4n) is 4.37. The molecule has 30 heavy (non-hydrogen) atoms. The summed E-state index contributed by atoms with van der Waals surface area (Å²) in [5.74, 6) is -0.00432. The minimum absolute atomic E-state index is 0.0201.